The molecule has 3 rings (SSSR count). The molecule has 6 heteroatoms. The van der Waals surface area contributed by atoms with Crippen molar-refractivity contribution in [2.45, 2.75) is 33.8 Å². The number of phenolic OH excluding ortho intramolecular Hbond substituents is 1. The molecule has 0 bridgehead atoms. The third-order valence-corrected chi connectivity index (χ3v) is 5.05. The Bertz CT molecular complexity index is 1060. The SMILES string of the molecule is CC.CCN(CC)CC(O)CNC(=O)c1ccc(C#Cc2c(O)ccc3[nH]ccc23)cc1. The van der Waals surface area contributed by atoms with Gasteiger partial charge in [-0.1, -0.05) is 39.5 Å². The van der Waals surface area contributed by atoms with E-state index in [0.29, 0.717) is 17.7 Å². The fourth-order valence-electron chi connectivity index (χ4n) is 3.25. The van der Waals surface area contributed by atoms with Gasteiger partial charge in [-0.3, -0.25) is 4.79 Å². The van der Waals surface area contributed by atoms with Gasteiger partial charge in [-0.2, -0.15) is 0 Å². The molecule has 6 nitrogen and oxygen atoms in total. The highest BCUT2D eigenvalue weighted by Gasteiger charge is 2.11. The molecular formula is C26H33N3O3. The Hall–Kier alpha value is -3.27. The first-order chi connectivity index (χ1) is 15.5. The van der Waals surface area contributed by atoms with Gasteiger partial charge in [-0.15, -0.1) is 0 Å². The number of aliphatic hydroxyl groups excluding tert-OH is 1. The van der Waals surface area contributed by atoms with Crippen LogP contribution in [0.15, 0.2) is 48.7 Å². The van der Waals surface area contributed by atoms with Crippen molar-refractivity contribution in [3.05, 3.63) is 65.4 Å². The molecular weight excluding hydrogens is 402 g/mol. The van der Waals surface area contributed by atoms with E-state index in [9.17, 15) is 15.0 Å². The monoisotopic (exact) mass is 435 g/mol. The molecule has 0 saturated carbocycles. The maximum Gasteiger partial charge on any atom is 0.251 e. The number of H-pyrrole nitrogens is 1. The number of fused-ring (bicyclic) bond motifs is 1. The van der Waals surface area contributed by atoms with Gasteiger partial charge in [0.05, 0.1) is 11.7 Å². The summed E-state index contributed by atoms with van der Waals surface area (Å²) in [6.07, 6.45) is 1.20. The number of carbonyl (C=O) groups is 1. The van der Waals surface area contributed by atoms with E-state index in [1.807, 2.05) is 46.0 Å². The Morgan fingerprint density at radius 2 is 1.75 bits per heavy atom. The average Bonchev–Trinajstić information content (AvgIpc) is 3.31. The standard InChI is InChI=1S/C24H27N3O3.C2H6/c1-3-27(4-2)16-19(28)15-26-24(30)18-8-5-17(6-9-18)7-10-21-20-13-14-25-22(20)11-12-23(21)29;1-2/h5-6,8-9,11-14,19,25,28-29H,3-4,15-16H2,1-2H3,(H,26,30);1-2H3. The molecule has 1 aromatic heterocycles. The van der Waals surface area contributed by atoms with E-state index in [1.165, 1.54) is 0 Å². The van der Waals surface area contributed by atoms with Crippen molar-refractivity contribution < 1.29 is 15.0 Å². The lowest BCUT2D eigenvalue weighted by molar-refractivity contribution is 0.0869. The van der Waals surface area contributed by atoms with E-state index in [2.05, 4.69) is 27.0 Å². The lowest BCUT2D eigenvalue weighted by Crippen LogP contribution is -2.40. The summed E-state index contributed by atoms with van der Waals surface area (Å²) in [6.45, 7) is 10.5. The summed E-state index contributed by atoms with van der Waals surface area (Å²) >= 11 is 0. The van der Waals surface area contributed by atoms with E-state index >= 15 is 0 Å². The van der Waals surface area contributed by atoms with Crippen LogP contribution in [0.4, 0.5) is 0 Å². The third-order valence-electron chi connectivity index (χ3n) is 5.05. The molecule has 0 fully saturated rings. The topological polar surface area (TPSA) is 88.6 Å². The maximum atomic E-state index is 12.3. The third kappa shape index (κ3) is 6.61. The van der Waals surface area contributed by atoms with Crippen LogP contribution in [-0.4, -0.2) is 58.3 Å². The summed E-state index contributed by atoms with van der Waals surface area (Å²) in [4.78, 5) is 17.5. The number of nitrogens with zero attached hydrogens (tertiary/aromatic N) is 1. The van der Waals surface area contributed by atoms with Crippen molar-refractivity contribution in [2.75, 3.05) is 26.2 Å². The molecule has 1 heterocycles. The molecule has 0 radical (unpaired) electrons. The lowest BCUT2D eigenvalue weighted by Gasteiger charge is -2.22. The predicted molar refractivity (Wildman–Crippen MR) is 130 cm³/mol. The fourth-order valence-corrected chi connectivity index (χ4v) is 3.25. The molecule has 4 N–H and O–H groups in total. The van der Waals surface area contributed by atoms with Gasteiger partial charge in [0.2, 0.25) is 0 Å². The molecule has 0 saturated heterocycles. The number of aromatic amines is 1. The number of aliphatic hydroxyl groups is 1. The number of amides is 1. The average molecular weight is 436 g/mol. The first kappa shape index (κ1) is 25.0. The Labute approximate surface area is 190 Å². The largest absolute Gasteiger partial charge is 0.507 e. The van der Waals surface area contributed by atoms with Crippen LogP contribution < -0.4 is 5.32 Å². The van der Waals surface area contributed by atoms with Crippen LogP contribution >= 0.6 is 0 Å². The first-order valence-electron chi connectivity index (χ1n) is 11.1. The van der Waals surface area contributed by atoms with E-state index in [1.54, 1.807) is 30.3 Å². The van der Waals surface area contributed by atoms with Crippen LogP contribution in [-0.2, 0) is 0 Å². The molecule has 2 aromatic carbocycles. The Morgan fingerprint density at radius 1 is 1.06 bits per heavy atom. The second-order valence-electron chi connectivity index (χ2n) is 7.08. The normalized spacial score (nSPS) is 11.3. The minimum atomic E-state index is -0.609. The van der Waals surface area contributed by atoms with Crippen molar-refractivity contribution in [1.82, 2.24) is 15.2 Å². The fraction of sp³-hybridized carbons (Fsp3) is 0.346. The number of benzene rings is 2. The molecule has 0 aliphatic carbocycles. The number of likely N-dealkylation sites (N-methyl/N-ethyl adjacent to an activating group) is 1. The Balaban J connectivity index is 0.00000176. The highest BCUT2D eigenvalue weighted by Crippen LogP contribution is 2.25. The van der Waals surface area contributed by atoms with E-state index in [0.717, 1.165) is 29.6 Å². The smallest absolute Gasteiger partial charge is 0.251 e. The summed E-state index contributed by atoms with van der Waals surface area (Å²) in [7, 11) is 0. The number of aromatic nitrogens is 1. The molecule has 3 aromatic rings. The lowest BCUT2D eigenvalue weighted by atomic mass is 10.1. The number of rotatable bonds is 7. The van der Waals surface area contributed by atoms with Gasteiger partial charge in [0.25, 0.3) is 5.91 Å². The second-order valence-corrected chi connectivity index (χ2v) is 7.08. The highest BCUT2D eigenvalue weighted by atomic mass is 16.3. The van der Waals surface area contributed by atoms with E-state index in [4.69, 9.17) is 0 Å². The molecule has 32 heavy (non-hydrogen) atoms. The Morgan fingerprint density at radius 3 is 2.41 bits per heavy atom. The van der Waals surface area contributed by atoms with Crippen LogP contribution in [0.3, 0.4) is 0 Å². The van der Waals surface area contributed by atoms with Crippen molar-refractivity contribution >= 4 is 16.8 Å². The zero-order chi connectivity index (χ0) is 23.5. The van der Waals surface area contributed by atoms with E-state index in [-0.39, 0.29) is 18.2 Å². The summed E-state index contributed by atoms with van der Waals surface area (Å²) < 4.78 is 0. The maximum absolute atomic E-state index is 12.3. The molecule has 0 spiro atoms. The van der Waals surface area contributed by atoms with Gasteiger partial charge in [0.15, 0.2) is 0 Å². The minimum absolute atomic E-state index is 0.133. The second kappa shape index (κ2) is 12.6. The van der Waals surface area contributed by atoms with Gasteiger partial charge >= 0.3 is 0 Å². The zero-order valence-electron chi connectivity index (χ0n) is 19.3. The number of nitrogens with one attached hydrogen (secondary N) is 2. The van der Waals surface area contributed by atoms with Crippen LogP contribution in [0.1, 0.15) is 49.2 Å². The zero-order valence-corrected chi connectivity index (χ0v) is 19.3. The van der Waals surface area contributed by atoms with Crippen molar-refractivity contribution in [1.29, 1.82) is 0 Å². The molecule has 0 aliphatic heterocycles. The summed E-state index contributed by atoms with van der Waals surface area (Å²) in [5.74, 6) is 5.95. The summed E-state index contributed by atoms with van der Waals surface area (Å²) in [6, 6.07) is 12.2. The number of phenols is 1. The molecule has 170 valence electrons. The van der Waals surface area contributed by atoms with Crippen molar-refractivity contribution in [2.24, 2.45) is 0 Å². The van der Waals surface area contributed by atoms with Crippen LogP contribution in [0.25, 0.3) is 10.9 Å². The predicted octanol–water partition coefficient (Wildman–Crippen LogP) is 3.73. The van der Waals surface area contributed by atoms with Crippen molar-refractivity contribution in [3.8, 4) is 17.6 Å². The van der Waals surface area contributed by atoms with Gasteiger partial charge < -0.3 is 25.4 Å². The quantitative estimate of drug-likeness (QED) is 0.426. The molecule has 1 unspecified atom stereocenters. The van der Waals surface area contributed by atoms with Crippen LogP contribution in [0.2, 0.25) is 0 Å². The number of hydrogen-bond donors (Lipinski definition) is 4. The van der Waals surface area contributed by atoms with Gasteiger partial charge in [0, 0.05) is 41.3 Å². The van der Waals surface area contributed by atoms with Crippen molar-refractivity contribution in [3.63, 3.8) is 0 Å². The molecule has 1 amide bonds. The van der Waals surface area contributed by atoms with Gasteiger partial charge in [0.1, 0.15) is 5.75 Å². The van der Waals surface area contributed by atoms with E-state index < -0.39 is 6.10 Å². The first-order valence-corrected chi connectivity index (χ1v) is 11.1. The van der Waals surface area contributed by atoms with Crippen LogP contribution in [0.5, 0.6) is 5.75 Å². The summed E-state index contributed by atoms with van der Waals surface area (Å²) in [5, 5.41) is 23.8. The number of carbonyl (C=O) groups excluding carboxylic acids is 1. The van der Waals surface area contributed by atoms with Gasteiger partial charge in [-0.25, -0.2) is 0 Å². The summed E-state index contributed by atoms with van der Waals surface area (Å²) in [5.41, 5.74) is 2.72. The number of aromatic hydroxyl groups is 1. The Kier molecular flexibility index (Phi) is 9.80. The van der Waals surface area contributed by atoms with Crippen LogP contribution in [0, 0.1) is 11.8 Å². The van der Waals surface area contributed by atoms with Gasteiger partial charge in [-0.05, 0) is 55.6 Å². The number of hydrogen-bond acceptors (Lipinski definition) is 4. The molecule has 0 aliphatic rings. The molecule has 1 atom stereocenters. The highest BCUT2D eigenvalue weighted by molar-refractivity contribution is 5.94. The minimum Gasteiger partial charge on any atom is -0.507 e.